The van der Waals surface area contributed by atoms with Crippen LogP contribution in [0.2, 0.25) is 0 Å². The number of fused-ring (bicyclic) bond motifs is 8. The van der Waals surface area contributed by atoms with Crippen LogP contribution >= 0.6 is 0 Å². The lowest BCUT2D eigenvalue weighted by Crippen LogP contribution is -2.37. The van der Waals surface area contributed by atoms with Gasteiger partial charge >= 0.3 is 5.97 Å². The lowest BCUT2D eigenvalue weighted by atomic mass is 10.1. The number of carbonyl (C=O) groups is 3. The number of anilines is 2. The van der Waals surface area contributed by atoms with E-state index in [-0.39, 0.29) is 56.1 Å². The maximum Gasteiger partial charge on any atom is 0.305 e. The summed E-state index contributed by atoms with van der Waals surface area (Å²) >= 11 is 0. The van der Waals surface area contributed by atoms with Crippen LogP contribution in [-0.2, 0) is 35.6 Å². The number of amides is 2. The van der Waals surface area contributed by atoms with Gasteiger partial charge in [0.2, 0.25) is 0 Å². The quantitative estimate of drug-likeness (QED) is 0.0863. The number of nitrogens with zero attached hydrogens (tertiary/aromatic N) is 4. The summed E-state index contributed by atoms with van der Waals surface area (Å²) in [7, 11) is 4.42. The Kier molecular flexibility index (Phi) is 10.4. The van der Waals surface area contributed by atoms with Crippen LogP contribution in [0, 0.1) is 0 Å². The molecule has 9 rings (SSSR count). The van der Waals surface area contributed by atoms with Gasteiger partial charge in [-0.05, 0) is 71.1 Å². The molecule has 304 valence electrons. The molecule has 0 spiro atoms. The second-order valence-electron chi connectivity index (χ2n) is 14.8. The van der Waals surface area contributed by atoms with Crippen LogP contribution < -0.4 is 33.5 Å². The molecule has 0 aliphatic carbocycles. The molecule has 2 amide bonds. The van der Waals surface area contributed by atoms with E-state index in [0.29, 0.717) is 70.5 Å². The van der Waals surface area contributed by atoms with Crippen molar-refractivity contribution in [1.29, 1.82) is 0 Å². The number of aliphatic imine (C=N–C) groups is 2. The number of hydrogen-bond donors (Lipinski definition) is 0. The normalized spacial score (nSPS) is 16.7. The van der Waals surface area contributed by atoms with Gasteiger partial charge in [-0.1, -0.05) is 36.4 Å². The Bertz CT molecular complexity index is 2430. The Morgan fingerprint density at radius 1 is 0.633 bits per heavy atom. The highest BCUT2D eigenvalue weighted by Gasteiger charge is 2.38. The molecular formula is C47H42N4O9. The standard InChI is InChI=1S/C47H42N4O9/c1-55-41-20-35-37(48-24-32-18-30-9-4-6-11-39(30)50(32)46(35)53)22-43(41)59-26-28-15-29(17-34(16-28)58-14-8-13-45(52)57-3)27-60-44-23-38-36(21-42(44)56-2)47(54)51-33(25-49-38)19-31-10-5-7-12-40(31)51/h4-7,9-12,15-17,20-25,32-33H,8,13-14,18-19,26-27H2,1-3H3/t32-,33-/m0/s1. The third-order valence-corrected chi connectivity index (χ3v) is 11.1. The minimum atomic E-state index is -0.313. The first kappa shape index (κ1) is 38.4. The second kappa shape index (κ2) is 16.2. The maximum absolute atomic E-state index is 13.9. The summed E-state index contributed by atoms with van der Waals surface area (Å²) in [6.45, 7) is 0.502. The topological polar surface area (TPSA) is 138 Å². The number of rotatable bonds is 13. The zero-order valence-corrected chi connectivity index (χ0v) is 33.4. The van der Waals surface area contributed by atoms with Crippen LogP contribution in [0.25, 0.3) is 0 Å². The summed E-state index contributed by atoms with van der Waals surface area (Å²) in [6, 6.07) is 27.9. The molecular weight excluding hydrogens is 765 g/mol. The van der Waals surface area contributed by atoms with Crippen LogP contribution in [0.4, 0.5) is 22.7 Å². The SMILES string of the molecule is COC(=O)CCCOc1cc(COc2cc3c(cc2OC)C(=O)N2c4ccccc4C[C@H]2C=N3)cc(COc2cc3c(cc2OC)C(=O)N2c4ccccc4C[C@H]2C=N3)c1. The zero-order valence-electron chi connectivity index (χ0n) is 33.4. The van der Waals surface area contributed by atoms with Gasteiger partial charge in [-0.3, -0.25) is 34.2 Å². The Hall–Kier alpha value is -7.15. The molecule has 0 bridgehead atoms. The molecule has 0 unspecified atom stereocenters. The van der Waals surface area contributed by atoms with E-state index in [0.717, 1.165) is 33.6 Å². The van der Waals surface area contributed by atoms with Gasteiger partial charge in [-0.15, -0.1) is 0 Å². The Morgan fingerprint density at radius 3 is 1.62 bits per heavy atom. The van der Waals surface area contributed by atoms with Crippen molar-refractivity contribution in [2.45, 2.75) is 51.0 Å². The zero-order chi connectivity index (χ0) is 41.3. The number of ether oxygens (including phenoxy) is 6. The van der Waals surface area contributed by atoms with Gasteiger partial charge in [0.15, 0.2) is 23.0 Å². The molecule has 4 heterocycles. The predicted molar refractivity (Wildman–Crippen MR) is 226 cm³/mol. The van der Waals surface area contributed by atoms with E-state index in [4.69, 9.17) is 38.4 Å². The van der Waals surface area contributed by atoms with E-state index in [9.17, 15) is 14.4 Å². The van der Waals surface area contributed by atoms with E-state index in [1.165, 1.54) is 21.3 Å². The minimum absolute atomic E-state index is 0.112. The van der Waals surface area contributed by atoms with E-state index < -0.39 is 0 Å². The average molecular weight is 807 g/mol. The maximum atomic E-state index is 13.9. The molecule has 5 aromatic rings. The van der Waals surface area contributed by atoms with Gasteiger partial charge in [-0.2, -0.15) is 0 Å². The van der Waals surface area contributed by atoms with Gasteiger partial charge in [0.1, 0.15) is 19.0 Å². The average Bonchev–Trinajstić information content (AvgIpc) is 3.77. The highest BCUT2D eigenvalue weighted by atomic mass is 16.5. The van der Waals surface area contributed by atoms with Crippen molar-refractivity contribution in [2.75, 3.05) is 37.7 Å². The summed E-state index contributed by atoms with van der Waals surface area (Å²) in [4.78, 5) is 52.7. The van der Waals surface area contributed by atoms with Gasteiger partial charge in [-0.25, -0.2) is 0 Å². The third kappa shape index (κ3) is 7.27. The highest BCUT2D eigenvalue weighted by molar-refractivity contribution is 6.15. The smallest absolute Gasteiger partial charge is 0.305 e. The molecule has 13 nitrogen and oxygen atoms in total. The van der Waals surface area contributed by atoms with Crippen molar-refractivity contribution in [3.63, 3.8) is 0 Å². The van der Waals surface area contributed by atoms with Crippen LogP contribution in [0.3, 0.4) is 0 Å². The number of para-hydroxylation sites is 2. The first-order valence-corrected chi connectivity index (χ1v) is 19.7. The second-order valence-corrected chi connectivity index (χ2v) is 14.8. The lowest BCUT2D eigenvalue weighted by Gasteiger charge is -2.22. The predicted octanol–water partition coefficient (Wildman–Crippen LogP) is 7.77. The van der Waals surface area contributed by atoms with Gasteiger partial charge in [0, 0.05) is 55.2 Å². The van der Waals surface area contributed by atoms with Gasteiger partial charge in [0.05, 0.1) is 62.5 Å². The van der Waals surface area contributed by atoms with Crippen LogP contribution in [0.5, 0.6) is 28.7 Å². The van der Waals surface area contributed by atoms with Crippen molar-refractivity contribution in [3.05, 3.63) is 124 Å². The first-order valence-electron chi connectivity index (χ1n) is 19.7. The van der Waals surface area contributed by atoms with E-state index >= 15 is 0 Å². The molecule has 0 N–H and O–H groups in total. The van der Waals surface area contributed by atoms with Crippen molar-refractivity contribution in [3.8, 4) is 28.7 Å². The summed E-state index contributed by atoms with van der Waals surface area (Å²) in [5.41, 5.74) is 7.32. The molecule has 60 heavy (non-hydrogen) atoms. The van der Waals surface area contributed by atoms with Crippen LogP contribution in [0.15, 0.2) is 101 Å². The molecule has 0 saturated heterocycles. The number of methoxy groups -OCH3 is 3. The number of hydrogen-bond acceptors (Lipinski definition) is 11. The van der Waals surface area contributed by atoms with Crippen molar-refractivity contribution in [1.82, 2.24) is 0 Å². The summed E-state index contributed by atoms with van der Waals surface area (Å²) < 4.78 is 35.1. The lowest BCUT2D eigenvalue weighted by molar-refractivity contribution is -0.140. The van der Waals surface area contributed by atoms with E-state index in [1.807, 2.05) is 79.2 Å². The summed E-state index contributed by atoms with van der Waals surface area (Å²) in [6.07, 6.45) is 5.70. The fourth-order valence-corrected chi connectivity index (χ4v) is 8.19. The monoisotopic (exact) mass is 806 g/mol. The molecule has 0 aromatic heterocycles. The van der Waals surface area contributed by atoms with E-state index in [2.05, 4.69) is 0 Å². The third-order valence-electron chi connectivity index (χ3n) is 11.1. The van der Waals surface area contributed by atoms with Crippen LogP contribution in [-0.4, -0.2) is 70.2 Å². The fraction of sp³-hybridized carbons (Fsp3) is 0.255. The van der Waals surface area contributed by atoms with Crippen molar-refractivity contribution in [2.24, 2.45) is 9.98 Å². The Morgan fingerprint density at radius 2 is 1.13 bits per heavy atom. The Labute approximate surface area is 346 Å². The van der Waals surface area contributed by atoms with Crippen molar-refractivity contribution >= 4 is 53.0 Å². The van der Waals surface area contributed by atoms with Crippen molar-refractivity contribution < 1.29 is 42.8 Å². The fourth-order valence-electron chi connectivity index (χ4n) is 8.19. The molecule has 13 heteroatoms. The molecule has 5 aromatic carbocycles. The minimum Gasteiger partial charge on any atom is -0.494 e. The largest absolute Gasteiger partial charge is 0.494 e. The first-order chi connectivity index (χ1) is 29.3. The molecule has 0 radical (unpaired) electrons. The number of esters is 1. The number of benzene rings is 5. The highest BCUT2D eigenvalue weighted by Crippen LogP contribution is 2.43. The molecule has 2 atom stereocenters. The Balaban J connectivity index is 0.958. The van der Waals surface area contributed by atoms with Crippen LogP contribution in [0.1, 0.15) is 55.8 Å². The molecule has 4 aliphatic heterocycles. The molecule has 4 aliphatic rings. The molecule has 0 saturated carbocycles. The molecule has 0 fully saturated rings. The number of carbonyl (C=O) groups excluding carboxylic acids is 3. The van der Waals surface area contributed by atoms with Gasteiger partial charge < -0.3 is 28.4 Å². The summed E-state index contributed by atoms with van der Waals surface area (Å²) in [5.74, 6) is 1.55. The summed E-state index contributed by atoms with van der Waals surface area (Å²) in [5, 5.41) is 0. The van der Waals surface area contributed by atoms with Gasteiger partial charge in [0.25, 0.3) is 11.8 Å². The van der Waals surface area contributed by atoms with E-state index in [1.54, 1.807) is 34.1 Å².